The van der Waals surface area contributed by atoms with Crippen LogP contribution < -0.4 is 5.73 Å². The van der Waals surface area contributed by atoms with Crippen LogP contribution in [0.5, 0.6) is 0 Å². The molecular formula is C12H23N3. The predicted octanol–water partition coefficient (Wildman–Crippen LogP) is 1.88. The van der Waals surface area contributed by atoms with Gasteiger partial charge in [-0.1, -0.05) is 6.92 Å². The quantitative estimate of drug-likeness (QED) is 0.769. The van der Waals surface area contributed by atoms with Gasteiger partial charge in [0.15, 0.2) is 0 Å². The first-order valence-electron chi connectivity index (χ1n) is 5.96. The number of hydrogen-bond donors (Lipinski definition) is 1. The molecule has 0 aliphatic carbocycles. The Morgan fingerprint density at radius 1 is 1.67 bits per heavy atom. The van der Waals surface area contributed by atoms with E-state index in [0.717, 1.165) is 6.42 Å². The Hall–Kier alpha value is -0.590. The fraction of sp³-hybridized carbons (Fsp3) is 0.917. The summed E-state index contributed by atoms with van der Waals surface area (Å²) in [6, 6.07) is 3.31. The molecule has 86 valence electrons. The number of nitriles is 1. The minimum Gasteiger partial charge on any atom is -0.314 e. The molecule has 0 bridgehead atoms. The van der Waals surface area contributed by atoms with E-state index in [1.165, 1.54) is 25.8 Å². The van der Waals surface area contributed by atoms with Crippen molar-refractivity contribution in [1.82, 2.24) is 4.90 Å². The van der Waals surface area contributed by atoms with Crippen LogP contribution in [0, 0.1) is 11.3 Å². The zero-order valence-corrected chi connectivity index (χ0v) is 10.2. The fourth-order valence-electron chi connectivity index (χ4n) is 2.65. The third-order valence-corrected chi connectivity index (χ3v) is 3.43. The number of nitrogens with zero attached hydrogens (tertiary/aromatic N) is 2. The molecule has 0 radical (unpaired) electrons. The van der Waals surface area contributed by atoms with E-state index in [0.29, 0.717) is 12.1 Å². The summed E-state index contributed by atoms with van der Waals surface area (Å²) < 4.78 is 0. The summed E-state index contributed by atoms with van der Waals surface area (Å²) in [4.78, 5) is 2.52. The minimum atomic E-state index is -0.680. The Morgan fingerprint density at radius 2 is 2.33 bits per heavy atom. The van der Waals surface area contributed by atoms with E-state index in [9.17, 15) is 0 Å². The van der Waals surface area contributed by atoms with Gasteiger partial charge in [-0.2, -0.15) is 5.26 Å². The van der Waals surface area contributed by atoms with Gasteiger partial charge in [-0.3, -0.25) is 4.90 Å². The predicted molar refractivity (Wildman–Crippen MR) is 62.3 cm³/mol. The van der Waals surface area contributed by atoms with Gasteiger partial charge in [0.25, 0.3) is 0 Å². The normalized spacial score (nSPS) is 28.3. The first kappa shape index (κ1) is 12.5. The van der Waals surface area contributed by atoms with Gasteiger partial charge in [0, 0.05) is 12.1 Å². The molecule has 1 fully saturated rings. The molecule has 0 amide bonds. The van der Waals surface area contributed by atoms with Gasteiger partial charge in [-0.25, -0.2) is 0 Å². The van der Waals surface area contributed by atoms with Crippen molar-refractivity contribution in [2.75, 3.05) is 6.54 Å². The molecule has 0 aromatic heterocycles. The van der Waals surface area contributed by atoms with E-state index >= 15 is 0 Å². The highest BCUT2D eigenvalue weighted by Crippen LogP contribution is 2.25. The van der Waals surface area contributed by atoms with Crippen molar-refractivity contribution in [1.29, 1.82) is 5.26 Å². The second-order valence-electron chi connectivity index (χ2n) is 5.02. The molecular weight excluding hydrogens is 186 g/mol. The number of hydrogen-bond acceptors (Lipinski definition) is 3. The topological polar surface area (TPSA) is 53.0 Å². The first-order valence-corrected chi connectivity index (χ1v) is 5.96. The van der Waals surface area contributed by atoms with Crippen LogP contribution in [0.3, 0.4) is 0 Å². The molecule has 1 saturated heterocycles. The number of nitrogens with two attached hydrogens (primary N) is 1. The second kappa shape index (κ2) is 4.96. The van der Waals surface area contributed by atoms with Crippen molar-refractivity contribution in [3.05, 3.63) is 0 Å². The third kappa shape index (κ3) is 3.19. The summed E-state index contributed by atoms with van der Waals surface area (Å²) in [6.07, 6.45) is 4.56. The van der Waals surface area contributed by atoms with Gasteiger partial charge in [0.2, 0.25) is 0 Å². The van der Waals surface area contributed by atoms with Crippen LogP contribution in [0.2, 0.25) is 0 Å². The van der Waals surface area contributed by atoms with Crippen LogP contribution in [0.1, 0.15) is 46.5 Å². The number of likely N-dealkylation sites (tertiary alicyclic amines) is 1. The summed E-state index contributed by atoms with van der Waals surface area (Å²) in [5.41, 5.74) is 5.20. The Morgan fingerprint density at radius 3 is 2.87 bits per heavy atom. The molecule has 1 rings (SSSR count). The Labute approximate surface area is 93.2 Å². The van der Waals surface area contributed by atoms with Crippen LogP contribution in [0.25, 0.3) is 0 Å². The van der Waals surface area contributed by atoms with E-state index in [-0.39, 0.29) is 0 Å². The summed E-state index contributed by atoms with van der Waals surface area (Å²) in [6.45, 7) is 7.42. The lowest BCUT2D eigenvalue weighted by Crippen LogP contribution is -2.45. The molecule has 3 nitrogen and oxygen atoms in total. The van der Waals surface area contributed by atoms with E-state index in [4.69, 9.17) is 11.0 Å². The lowest BCUT2D eigenvalue weighted by molar-refractivity contribution is 0.166. The number of rotatable bonds is 4. The molecule has 15 heavy (non-hydrogen) atoms. The maximum absolute atomic E-state index is 8.92. The van der Waals surface area contributed by atoms with E-state index in [1.807, 2.05) is 6.92 Å². The molecule has 3 heteroatoms. The zero-order valence-electron chi connectivity index (χ0n) is 10.2. The van der Waals surface area contributed by atoms with Crippen molar-refractivity contribution >= 4 is 0 Å². The largest absolute Gasteiger partial charge is 0.314 e. The average Bonchev–Trinajstić information content (AvgIpc) is 2.64. The Balaban J connectivity index is 2.53. The van der Waals surface area contributed by atoms with Crippen LogP contribution >= 0.6 is 0 Å². The van der Waals surface area contributed by atoms with Gasteiger partial charge >= 0.3 is 0 Å². The lowest BCUT2D eigenvalue weighted by atomic mass is 9.95. The first-order chi connectivity index (χ1) is 7.00. The molecule has 1 aliphatic rings. The van der Waals surface area contributed by atoms with E-state index in [2.05, 4.69) is 24.8 Å². The molecule has 1 aliphatic heterocycles. The summed E-state index contributed by atoms with van der Waals surface area (Å²) >= 11 is 0. The maximum atomic E-state index is 8.92. The Bertz CT molecular complexity index is 242. The molecule has 3 atom stereocenters. The summed E-state index contributed by atoms with van der Waals surface area (Å²) in [7, 11) is 0. The van der Waals surface area contributed by atoms with Gasteiger partial charge in [-0.05, 0) is 46.1 Å². The highest BCUT2D eigenvalue weighted by Gasteiger charge is 2.31. The van der Waals surface area contributed by atoms with Gasteiger partial charge in [0.05, 0.1) is 6.07 Å². The van der Waals surface area contributed by atoms with Crippen LogP contribution in [-0.4, -0.2) is 29.1 Å². The second-order valence-corrected chi connectivity index (χ2v) is 5.02. The standard InChI is InChI=1S/C12H23N3/c1-4-11-6-5-7-15(11)10(2)8-12(3,14)9-13/h10-11H,4-8,14H2,1-3H3. The third-order valence-electron chi connectivity index (χ3n) is 3.43. The van der Waals surface area contributed by atoms with Crippen molar-refractivity contribution in [3.63, 3.8) is 0 Å². The van der Waals surface area contributed by atoms with Gasteiger partial charge < -0.3 is 5.73 Å². The SMILES string of the molecule is CCC1CCCN1C(C)CC(C)(N)C#N. The average molecular weight is 209 g/mol. The monoisotopic (exact) mass is 209 g/mol. The minimum absolute atomic E-state index is 0.423. The highest BCUT2D eigenvalue weighted by molar-refractivity contribution is 5.03. The molecule has 0 aromatic carbocycles. The fourth-order valence-corrected chi connectivity index (χ4v) is 2.65. The Kier molecular flexibility index (Phi) is 4.12. The van der Waals surface area contributed by atoms with Crippen molar-refractivity contribution in [2.45, 2.75) is 64.1 Å². The van der Waals surface area contributed by atoms with Crippen LogP contribution in [0.15, 0.2) is 0 Å². The van der Waals surface area contributed by atoms with Crippen LogP contribution in [0.4, 0.5) is 0 Å². The van der Waals surface area contributed by atoms with Crippen molar-refractivity contribution in [2.24, 2.45) is 5.73 Å². The van der Waals surface area contributed by atoms with Gasteiger partial charge in [0.1, 0.15) is 5.54 Å². The molecule has 0 spiro atoms. The van der Waals surface area contributed by atoms with E-state index < -0.39 is 5.54 Å². The van der Waals surface area contributed by atoms with Crippen molar-refractivity contribution < 1.29 is 0 Å². The molecule has 3 unspecified atom stereocenters. The highest BCUT2D eigenvalue weighted by atomic mass is 15.2. The summed E-state index contributed by atoms with van der Waals surface area (Å²) in [5, 5.41) is 8.92. The molecule has 1 heterocycles. The smallest absolute Gasteiger partial charge is 0.102 e. The lowest BCUT2D eigenvalue weighted by Gasteiger charge is -2.33. The van der Waals surface area contributed by atoms with Gasteiger partial charge in [-0.15, -0.1) is 0 Å². The summed E-state index contributed by atoms with van der Waals surface area (Å²) in [5.74, 6) is 0. The maximum Gasteiger partial charge on any atom is 0.102 e. The molecule has 0 aromatic rings. The van der Waals surface area contributed by atoms with Crippen molar-refractivity contribution in [3.8, 4) is 6.07 Å². The van der Waals surface area contributed by atoms with E-state index in [1.54, 1.807) is 0 Å². The van der Waals surface area contributed by atoms with Crippen LogP contribution in [-0.2, 0) is 0 Å². The molecule has 2 N–H and O–H groups in total. The molecule has 0 saturated carbocycles. The zero-order chi connectivity index (χ0) is 11.5.